The predicted molar refractivity (Wildman–Crippen MR) is 126 cm³/mol. The molecule has 0 atom stereocenters. The first-order valence-electron chi connectivity index (χ1n) is 10.4. The van der Waals surface area contributed by atoms with Crippen LogP contribution in [0.3, 0.4) is 0 Å². The molecule has 7 nitrogen and oxygen atoms in total. The number of thioether (sulfide) groups is 1. The highest BCUT2D eigenvalue weighted by Crippen LogP contribution is 2.32. The maximum Gasteiger partial charge on any atom is 0.323 e. The van der Waals surface area contributed by atoms with Crippen LogP contribution in [0, 0.1) is 0 Å². The molecule has 0 unspecified atom stereocenters. The number of fused-ring (bicyclic) bond motifs is 1. The van der Waals surface area contributed by atoms with E-state index in [0.717, 1.165) is 26.9 Å². The monoisotopic (exact) mass is 471 g/mol. The predicted octanol–water partition coefficient (Wildman–Crippen LogP) is 4.10. The molecule has 1 aromatic carbocycles. The number of carboxylic acids is 1. The molecule has 0 amide bonds. The Labute approximate surface area is 191 Å². The van der Waals surface area contributed by atoms with Crippen molar-refractivity contribution in [1.29, 1.82) is 0 Å². The number of nitrogens with zero attached hydrogens (tertiary/aromatic N) is 3. The summed E-state index contributed by atoms with van der Waals surface area (Å²) in [5.41, 5.74) is 2.69. The number of sulfonamides is 1. The summed E-state index contributed by atoms with van der Waals surface area (Å²) in [4.78, 5) is 16.7. The minimum atomic E-state index is -3.58. The van der Waals surface area contributed by atoms with Gasteiger partial charge in [0, 0.05) is 46.6 Å². The summed E-state index contributed by atoms with van der Waals surface area (Å²) in [5.74, 6) is -0.926. The molecule has 0 spiro atoms. The summed E-state index contributed by atoms with van der Waals surface area (Å²) in [7, 11) is -3.58. The smallest absolute Gasteiger partial charge is 0.323 e. The van der Waals surface area contributed by atoms with E-state index in [-0.39, 0.29) is 13.1 Å². The summed E-state index contributed by atoms with van der Waals surface area (Å²) in [6.45, 7) is 4.69. The fraction of sp³-hybridized carbons (Fsp3) is 0.304. The quantitative estimate of drug-likeness (QED) is 0.522. The number of rotatable bonds is 7. The van der Waals surface area contributed by atoms with Gasteiger partial charge in [-0.25, -0.2) is 8.42 Å². The SMILES string of the molecule is CC(C)Sc1ccc(S(=O)(=O)N2CC=C(c3cn(CC(=O)O)c4cnccc34)CC2)cc1. The second kappa shape index (κ2) is 9.09. The third-order valence-corrected chi connectivity index (χ3v) is 8.24. The minimum absolute atomic E-state index is 0.152. The Morgan fingerprint density at radius 1 is 1.22 bits per heavy atom. The van der Waals surface area contributed by atoms with Crippen LogP contribution in [-0.4, -0.2) is 51.7 Å². The van der Waals surface area contributed by atoms with Crippen LogP contribution >= 0.6 is 11.8 Å². The van der Waals surface area contributed by atoms with Crippen molar-refractivity contribution < 1.29 is 18.3 Å². The fourth-order valence-electron chi connectivity index (χ4n) is 3.89. The number of pyridine rings is 1. The number of hydrogen-bond acceptors (Lipinski definition) is 5. The summed E-state index contributed by atoms with van der Waals surface area (Å²) >= 11 is 1.70. The van der Waals surface area contributed by atoms with Crippen LogP contribution in [0.4, 0.5) is 0 Å². The van der Waals surface area contributed by atoms with Crippen LogP contribution < -0.4 is 0 Å². The standard InChI is InChI=1S/C23H25N3O4S2/c1-16(2)31-18-3-5-19(6-4-18)32(29,30)26-11-8-17(9-12-26)21-14-25(15-23(27)28)22-13-24-10-7-20(21)22/h3-8,10,13-14,16H,9,11-12,15H2,1-2H3,(H,27,28). The van der Waals surface area contributed by atoms with Gasteiger partial charge in [-0.05, 0) is 42.3 Å². The second-order valence-corrected chi connectivity index (χ2v) is 11.5. The van der Waals surface area contributed by atoms with Gasteiger partial charge < -0.3 is 9.67 Å². The highest BCUT2D eigenvalue weighted by molar-refractivity contribution is 7.99. The highest BCUT2D eigenvalue weighted by Gasteiger charge is 2.27. The third kappa shape index (κ3) is 4.60. The minimum Gasteiger partial charge on any atom is -0.480 e. The molecule has 0 fully saturated rings. The van der Waals surface area contributed by atoms with E-state index in [2.05, 4.69) is 18.8 Å². The van der Waals surface area contributed by atoms with Gasteiger partial charge in [-0.3, -0.25) is 9.78 Å². The largest absolute Gasteiger partial charge is 0.480 e. The lowest BCUT2D eigenvalue weighted by molar-refractivity contribution is -0.137. The molecule has 0 aliphatic carbocycles. The van der Waals surface area contributed by atoms with E-state index in [4.69, 9.17) is 0 Å². The third-order valence-electron chi connectivity index (χ3n) is 5.34. The van der Waals surface area contributed by atoms with Gasteiger partial charge in [-0.15, -0.1) is 11.8 Å². The zero-order valence-electron chi connectivity index (χ0n) is 17.9. The lowest BCUT2D eigenvalue weighted by Gasteiger charge is -2.26. The molecule has 1 aliphatic heterocycles. The van der Waals surface area contributed by atoms with Crippen molar-refractivity contribution in [3.05, 3.63) is 60.6 Å². The van der Waals surface area contributed by atoms with Gasteiger partial charge in [-0.2, -0.15) is 4.31 Å². The Morgan fingerprint density at radius 3 is 2.59 bits per heavy atom. The molecule has 168 valence electrons. The molecule has 32 heavy (non-hydrogen) atoms. The molecule has 0 saturated carbocycles. The van der Waals surface area contributed by atoms with E-state index in [9.17, 15) is 18.3 Å². The van der Waals surface area contributed by atoms with Gasteiger partial charge in [0.05, 0.1) is 16.6 Å². The molecule has 0 radical (unpaired) electrons. The normalized spacial score (nSPS) is 15.3. The number of carbonyl (C=O) groups is 1. The van der Waals surface area contributed by atoms with E-state index in [1.54, 1.807) is 40.9 Å². The lowest BCUT2D eigenvalue weighted by Crippen LogP contribution is -2.34. The lowest BCUT2D eigenvalue weighted by atomic mass is 10.0. The van der Waals surface area contributed by atoms with Crippen LogP contribution in [0.5, 0.6) is 0 Å². The molecule has 3 heterocycles. The number of benzene rings is 1. The van der Waals surface area contributed by atoms with Crippen molar-refractivity contribution in [2.24, 2.45) is 0 Å². The van der Waals surface area contributed by atoms with Crippen LogP contribution in [0.15, 0.2) is 64.8 Å². The fourth-order valence-corrected chi connectivity index (χ4v) is 6.11. The van der Waals surface area contributed by atoms with Gasteiger partial charge in [-0.1, -0.05) is 19.9 Å². The van der Waals surface area contributed by atoms with Gasteiger partial charge in [0.2, 0.25) is 10.0 Å². The van der Waals surface area contributed by atoms with Crippen molar-refractivity contribution in [3.63, 3.8) is 0 Å². The van der Waals surface area contributed by atoms with E-state index < -0.39 is 16.0 Å². The maximum absolute atomic E-state index is 13.1. The van der Waals surface area contributed by atoms with Crippen molar-refractivity contribution in [1.82, 2.24) is 13.9 Å². The summed E-state index contributed by atoms with van der Waals surface area (Å²) in [5, 5.41) is 10.6. The molecule has 0 bridgehead atoms. The topological polar surface area (TPSA) is 92.5 Å². The number of carboxylic acid groups (broad SMARTS) is 1. The molecule has 1 N–H and O–H groups in total. The highest BCUT2D eigenvalue weighted by atomic mass is 32.2. The molecule has 1 aliphatic rings. The Morgan fingerprint density at radius 2 is 1.97 bits per heavy atom. The Kier molecular flexibility index (Phi) is 6.41. The Hall–Kier alpha value is -2.62. The molecule has 4 rings (SSSR count). The summed E-state index contributed by atoms with van der Waals surface area (Å²) < 4.78 is 29.4. The van der Waals surface area contributed by atoms with Gasteiger partial charge in [0.25, 0.3) is 0 Å². The van der Waals surface area contributed by atoms with Crippen molar-refractivity contribution in [2.45, 2.75) is 41.9 Å². The van der Waals surface area contributed by atoms with Gasteiger partial charge in [0.15, 0.2) is 0 Å². The van der Waals surface area contributed by atoms with Crippen molar-refractivity contribution in [2.75, 3.05) is 13.1 Å². The molecule has 3 aromatic rings. The maximum atomic E-state index is 13.1. The van der Waals surface area contributed by atoms with Crippen LogP contribution in [0.25, 0.3) is 16.5 Å². The second-order valence-electron chi connectivity index (χ2n) is 7.94. The van der Waals surface area contributed by atoms with E-state index in [1.807, 2.05) is 30.5 Å². The average molecular weight is 472 g/mol. The van der Waals surface area contributed by atoms with Crippen LogP contribution in [0.1, 0.15) is 25.8 Å². The first-order chi connectivity index (χ1) is 15.3. The molecule has 2 aromatic heterocycles. The number of aromatic nitrogens is 2. The van der Waals surface area contributed by atoms with Crippen molar-refractivity contribution in [3.8, 4) is 0 Å². The van der Waals surface area contributed by atoms with E-state index in [1.165, 1.54) is 4.31 Å². The van der Waals surface area contributed by atoms with E-state index >= 15 is 0 Å². The van der Waals surface area contributed by atoms with Crippen LogP contribution in [0.2, 0.25) is 0 Å². The average Bonchev–Trinajstić information content (AvgIpc) is 3.12. The molecule has 9 heteroatoms. The van der Waals surface area contributed by atoms with Gasteiger partial charge >= 0.3 is 5.97 Å². The Bertz CT molecular complexity index is 1280. The summed E-state index contributed by atoms with van der Waals surface area (Å²) in [6.07, 6.45) is 7.63. The zero-order valence-corrected chi connectivity index (χ0v) is 19.6. The number of hydrogen-bond donors (Lipinski definition) is 1. The van der Waals surface area contributed by atoms with Gasteiger partial charge in [0.1, 0.15) is 6.54 Å². The molecular formula is C23H25N3O4S2. The Balaban J connectivity index is 1.57. The first kappa shape index (κ1) is 22.6. The molecule has 0 saturated heterocycles. The summed E-state index contributed by atoms with van der Waals surface area (Å²) in [6, 6.07) is 8.92. The zero-order chi connectivity index (χ0) is 22.9. The molecular weight excluding hydrogens is 446 g/mol. The first-order valence-corrected chi connectivity index (χ1v) is 12.7. The van der Waals surface area contributed by atoms with Crippen LogP contribution in [-0.2, 0) is 21.4 Å². The number of aliphatic carboxylic acids is 1. The van der Waals surface area contributed by atoms with E-state index in [0.29, 0.717) is 23.1 Å². The van der Waals surface area contributed by atoms with Crippen molar-refractivity contribution >= 4 is 44.2 Å².